The lowest BCUT2D eigenvalue weighted by Gasteiger charge is -2.36. The molecule has 0 radical (unpaired) electrons. The Bertz CT molecular complexity index is 785. The summed E-state index contributed by atoms with van der Waals surface area (Å²) in [7, 11) is 1.46. The second-order valence-corrected chi connectivity index (χ2v) is 6.29. The van der Waals surface area contributed by atoms with Crippen molar-refractivity contribution in [3.05, 3.63) is 35.6 Å². The first-order chi connectivity index (χ1) is 12.0. The normalized spacial score (nSPS) is 20.7. The summed E-state index contributed by atoms with van der Waals surface area (Å²) in [6.45, 7) is 2.47. The highest BCUT2D eigenvalue weighted by Crippen LogP contribution is 2.23. The lowest BCUT2D eigenvalue weighted by molar-refractivity contribution is -0.138. The van der Waals surface area contributed by atoms with Crippen molar-refractivity contribution < 1.29 is 23.8 Å². The van der Waals surface area contributed by atoms with Gasteiger partial charge in [0.25, 0.3) is 5.91 Å². The quantitative estimate of drug-likeness (QED) is 0.864. The van der Waals surface area contributed by atoms with E-state index in [1.165, 1.54) is 7.11 Å². The number of β-amino-alcohol motifs (C(OH)–C–C–N with tert-alkyl or cyclic N) is 1. The zero-order valence-electron chi connectivity index (χ0n) is 14.3. The van der Waals surface area contributed by atoms with Crippen LogP contribution in [0.25, 0.3) is 11.0 Å². The van der Waals surface area contributed by atoms with Crippen LogP contribution in [0.15, 0.2) is 28.7 Å². The Hall–Kier alpha value is -2.38. The van der Waals surface area contributed by atoms with Crippen LogP contribution in [-0.2, 0) is 9.53 Å². The van der Waals surface area contributed by atoms with E-state index < -0.39 is 12.1 Å². The lowest BCUT2D eigenvalue weighted by atomic mass is 10.0. The Labute approximate surface area is 145 Å². The van der Waals surface area contributed by atoms with E-state index in [0.717, 1.165) is 11.1 Å². The molecule has 2 heterocycles. The van der Waals surface area contributed by atoms with Gasteiger partial charge in [-0.15, -0.1) is 0 Å². The molecular formula is C18H22N2O5. The average molecular weight is 346 g/mol. The van der Waals surface area contributed by atoms with Gasteiger partial charge in [0.2, 0.25) is 5.91 Å². The predicted octanol–water partition coefficient (Wildman–Crippen LogP) is 1.08. The highest BCUT2D eigenvalue weighted by atomic mass is 16.5. The number of furan rings is 1. The molecule has 7 nitrogen and oxygen atoms in total. The molecule has 1 fully saturated rings. The molecule has 1 aliphatic rings. The van der Waals surface area contributed by atoms with Crippen LogP contribution in [-0.4, -0.2) is 60.8 Å². The predicted molar refractivity (Wildman–Crippen MR) is 91.3 cm³/mol. The number of hydrogen-bond acceptors (Lipinski definition) is 5. The first kappa shape index (κ1) is 17.4. The lowest BCUT2D eigenvalue weighted by Crippen LogP contribution is -2.55. The standard InChI is InChI=1S/C18H22N2O5/c1-11-8-12-4-3-5-13(17(12)25-11)18(23)19-14-6-7-20(9-15(14)21)16(22)10-24-2/h3-5,8,14-15,21H,6-7,9-10H2,1-2H3,(H,19,23)/t14-,15-/m1/s1. The van der Waals surface area contributed by atoms with Gasteiger partial charge in [-0.1, -0.05) is 12.1 Å². The van der Waals surface area contributed by atoms with Crippen LogP contribution in [0.4, 0.5) is 0 Å². The summed E-state index contributed by atoms with van der Waals surface area (Å²) < 4.78 is 10.5. The summed E-state index contributed by atoms with van der Waals surface area (Å²) >= 11 is 0. The van der Waals surface area contributed by atoms with Gasteiger partial charge in [-0.25, -0.2) is 0 Å². The Morgan fingerprint density at radius 1 is 1.44 bits per heavy atom. The van der Waals surface area contributed by atoms with Crippen LogP contribution < -0.4 is 5.32 Å². The molecule has 1 aliphatic heterocycles. The van der Waals surface area contributed by atoms with E-state index in [0.29, 0.717) is 24.1 Å². The maximum Gasteiger partial charge on any atom is 0.255 e. The number of hydrogen-bond donors (Lipinski definition) is 2. The van der Waals surface area contributed by atoms with Gasteiger partial charge in [-0.2, -0.15) is 0 Å². The van der Waals surface area contributed by atoms with E-state index in [1.54, 1.807) is 17.0 Å². The SMILES string of the molecule is COCC(=O)N1CC[C@@H](NC(=O)c2cccc3cc(C)oc23)[C@H](O)C1. The van der Waals surface area contributed by atoms with Crippen LogP contribution >= 0.6 is 0 Å². The summed E-state index contributed by atoms with van der Waals surface area (Å²) in [4.78, 5) is 26.0. The third kappa shape index (κ3) is 3.67. The molecule has 1 aromatic heterocycles. The molecule has 1 aromatic carbocycles. The fourth-order valence-corrected chi connectivity index (χ4v) is 3.16. The number of aryl methyl sites for hydroxylation is 1. The number of benzene rings is 1. The van der Waals surface area contributed by atoms with E-state index in [1.807, 2.05) is 19.1 Å². The van der Waals surface area contributed by atoms with Crippen LogP contribution in [0.3, 0.4) is 0 Å². The summed E-state index contributed by atoms with van der Waals surface area (Å²) in [6, 6.07) is 6.85. The minimum atomic E-state index is -0.823. The van der Waals surface area contributed by atoms with Crippen molar-refractivity contribution in [3.63, 3.8) is 0 Å². The molecule has 0 saturated carbocycles. The summed E-state index contributed by atoms with van der Waals surface area (Å²) in [5, 5.41) is 14.0. The molecule has 2 amide bonds. The van der Waals surface area contributed by atoms with Gasteiger partial charge in [0.1, 0.15) is 18.0 Å². The van der Waals surface area contributed by atoms with E-state index in [4.69, 9.17) is 9.15 Å². The summed E-state index contributed by atoms with van der Waals surface area (Å²) in [5.41, 5.74) is 0.982. The van der Waals surface area contributed by atoms with Gasteiger partial charge in [0.15, 0.2) is 0 Å². The van der Waals surface area contributed by atoms with E-state index in [-0.39, 0.29) is 25.0 Å². The molecular weight excluding hydrogens is 324 g/mol. The summed E-state index contributed by atoms with van der Waals surface area (Å²) in [5.74, 6) is 0.281. The number of nitrogens with zero attached hydrogens (tertiary/aromatic N) is 1. The van der Waals surface area contributed by atoms with E-state index in [2.05, 4.69) is 5.32 Å². The van der Waals surface area contributed by atoms with Crippen LogP contribution in [0, 0.1) is 6.92 Å². The number of ether oxygens (including phenoxy) is 1. The van der Waals surface area contributed by atoms with Crippen molar-refractivity contribution in [3.8, 4) is 0 Å². The molecule has 1 saturated heterocycles. The van der Waals surface area contributed by atoms with Crippen LogP contribution in [0.2, 0.25) is 0 Å². The molecule has 25 heavy (non-hydrogen) atoms. The van der Waals surface area contributed by atoms with Gasteiger partial charge < -0.3 is 24.5 Å². The fraction of sp³-hybridized carbons (Fsp3) is 0.444. The molecule has 0 unspecified atom stereocenters. The number of nitrogens with one attached hydrogen (secondary N) is 1. The van der Waals surface area contributed by atoms with Crippen molar-refractivity contribution in [1.29, 1.82) is 0 Å². The van der Waals surface area contributed by atoms with Crippen molar-refractivity contribution >= 4 is 22.8 Å². The molecule has 2 N–H and O–H groups in total. The zero-order valence-corrected chi connectivity index (χ0v) is 14.3. The Morgan fingerprint density at radius 2 is 2.24 bits per heavy atom. The number of aliphatic hydroxyl groups is 1. The van der Waals surface area contributed by atoms with Crippen LogP contribution in [0.5, 0.6) is 0 Å². The van der Waals surface area contributed by atoms with Gasteiger partial charge in [-0.05, 0) is 25.5 Å². The van der Waals surface area contributed by atoms with Crippen molar-refractivity contribution in [2.24, 2.45) is 0 Å². The van der Waals surface area contributed by atoms with E-state index in [9.17, 15) is 14.7 Å². The van der Waals surface area contributed by atoms with Gasteiger partial charge >= 0.3 is 0 Å². The number of carbonyl (C=O) groups excluding carboxylic acids is 2. The monoisotopic (exact) mass is 346 g/mol. The Kier molecular flexibility index (Phi) is 5.06. The minimum Gasteiger partial charge on any atom is -0.461 e. The molecule has 3 rings (SSSR count). The van der Waals surface area contributed by atoms with E-state index >= 15 is 0 Å². The van der Waals surface area contributed by atoms with Crippen molar-refractivity contribution in [2.75, 3.05) is 26.8 Å². The maximum absolute atomic E-state index is 12.6. The third-order valence-electron chi connectivity index (χ3n) is 4.43. The molecule has 0 aliphatic carbocycles. The molecule has 7 heteroatoms. The fourth-order valence-electron chi connectivity index (χ4n) is 3.16. The number of carbonyl (C=O) groups is 2. The Morgan fingerprint density at radius 3 is 2.96 bits per heavy atom. The topological polar surface area (TPSA) is 92.0 Å². The number of methoxy groups -OCH3 is 1. The van der Waals surface area contributed by atoms with Gasteiger partial charge in [0, 0.05) is 25.6 Å². The number of likely N-dealkylation sites (tertiary alicyclic amines) is 1. The molecule has 2 atom stereocenters. The van der Waals surface area contributed by atoms with Gasteiger partial charge in [0.05, 0.1) is 17.7 Å². The minimum absolute atomic E-state index is 0.0103. The first-order valence-corrected chi connectivity index (χ1v) is 8.24. The summed E-state index contributed by atoms with van der Waals surface area (Å²) in [6.07, 6.45) is -0.341. The molecule has 0 bridgehead atoms. The van der Waals surface area contributed by atoms with Crippen LogP contribution in [0.1, 0.15) is 22.5 Å². The number of rotatable bonds is 4. The highest BCUT2D eigenvalue weighted by Gasteiger charge is 2.31. The number of fused-ring (bicyclic) bond motifs is 1. The third-order valence-corrected chi connectivity index (χ3v) is 4.43. The first-order valence-electron chi connectivity index (χ1n) is 8.24. The number of para-hydroxylation sites is 1. The Balaban J connectivity index is 1.68. The van der Waals surface area contributed by atoms with Crippen molar-refractivity contribution in [2.45, 2.75) is 25.5 Å². The largest absolute Gasteiger partial charge is 0.461 e. The maximum atomic E-state index is 12.6. The number of piperidine rings is 1. The zero-order chi connectivity index (χ0) is 18.0. The number of aliphatic hydroxyl groups excluding tert-OH is 1. The number of amides is 2. The molecule has 2 aromatic rings. The molecule has 134 valence electrons. The second-order valence-electron chi connectivity index (χ2n) is 6.29. The molecule has 0 spiro atoms. The smallest absolute Gasteiger partial charge is 0.255 e. The van der Waals surface area contributed by atoms with Gasteiger partial charge in [-0.3, -0.25) is 9.59 Å². The average Bonchev–Trinajstić information content (AvgIpc) is 2.96. The van der Waals surface area contributed by atoms with Crippen molar-refractivity contribution in [1.82, 2.24) is 10.2 Å². The second kappa shape index (κ2) is 7.25. The highest BCUT2D eigenvalue weighted by molar-refractivity contribution is 6.05.